The summed E-state index contributed by atoms with van der Waals surface area (Å²) in [4.78, 5) is 0. The monoisotopic (exact) mass is 180 g/mol. The summed E-state index contributed by atoms with van der Waals surface area (Å²) in [5.74, 6) is 1.99. The van der Waals surface area contributed by atoms with Crippen LogP contribution in [0.2, 0.25) is 0 Å². The molecule has 0 aromatic carbocycles. The van der Waals surface area contributed by atoms with Crippen LogP contribution >= 0.6 is 0 Å². The predicted octanol–water partition coefficient (Wildman–Crippen LogP) is 3.13. The molecular formula is C12H20O. The van der Waals surface area contributed by atoms with Crippen LogP contribution in [-0.2, 0) is 4.74 Å². The van der Waals surface area contributed by atoms with Gasteiger partial charge in [-0.3, -0.25) is 0 Å². The fourth-order valence-corrected chi connectivity index (χ4v) is 3.74. The summed E-state index contributed by atoms with van der Waals surface area (Å²) in [7, 11) is 0. The van der Waals surface area contributed by atoms with E-state index in [1.807, 2.05) is 0 Å². The first-order chi connectivity index (χ1) is 6.43. The Bertz CT molecular complexity index is 184. The van der Waals surface area contributed by atoms with E-state index >= 15 is 0 Å². The number of fused-ring (bicyclic) bond motifs is 2. The van der Waals surface area contributed by atoms with E-state index in [-0.39, 0.29) is 0 Å². The SMILES string of the molecule is C1CCC(C2C[C@@H]3CC[C@H]2O3)CC1. The zero-order valence-corrected chi connectivity index (χ0v) is 8.37. The molecular weight excluding hydrogens is 160 g/mol. The van der Waals surface area contributed by atoms with E-state index in [9.17, 15) is 0 Å². The highest BCUT2D eigenvalue weighted by Gasteiger charge is 2.44. The van der Waals surface area contributed by atoms with Gasteiger partial charge in [-0.15, -0.1) is 0 Å². The van der Waals surface area contributed by atoms with Crippen molar-refractivity contribution in [1.29, 1.82) is 0 Å². The minimum Gasteiger partial charge on any atom is -0.375 e. The van der Waals surface area contributed by atoms with Crippen molar-refractivity contribution in [3.63, 3.8) is 0 Å². The number of hydrogen-bond donors (Lipinski definition) is 0. The van der Waals surface area contributed by atoms with Gasteiger partial charge in [0.1, 0.15) is 0 Å². The van der Waals surface area contributed by atoms with E-state index in [1.54, 1.807) is 0 Å². The van der Waals surface area contributed by atoms with Gasteiger partial charge in [0.05, 0.1) is 12.2 Å². The zero-order chi connectivity index (χ0) is 8.67. The van der Waals surface area contributed by atoms with Crippen LogP contribution < -0.4 is 0 Å². The van der Waals surface area contributed by atoms with Crippen molar-refractivity contribution in [3.8, 4) is 0 Å². The minimum absolute atomic E-state index is 0.664. The Kier molecular flexibility index (Phi) is 2.08. The molecule has 0 aromatic rings. The molecule has 2 aliphatic heterocycles. The summed E-state index contributed by atoms with van der Waals surface area (Å²) < 4.78 is 5.94. The van der Waals surface area contributed by atoms with Crippen LogP contribution in [0.1, 0.15) is 51.4 Å². The van der Waals surface area contributed by atoms with E-state index in [1.165, 1.54) is 51.4 Å². The summed E-state index contributed by atoms with van der Waals surface area (Å²) >= 11 is 0. The maximum absolute atomic E-state index is 5.94. The lowest BCUT2D eigenvalue weighted by Gasteiger charge is -2.31. The molecule has 3 atom stereocenters. The largest absolute Gasteiger partial charge is 0.375 e. The van der Waals surface area contributed by atoms with E-state index < -0.39 is 0 Å². The van der Waals surface area contributed by atoms with Gasteiger partial charge in [0, 0.05) is 0 Å². The predicted molar refractivity (Wildman–Crippen MR) is 52.6 cm³/mol. The summed E-state index contributed by atoms with van der Waals surface area (Å²) in [5, 5.41) is 0. The molecule has 3 aliphatic rings. The Morgan fingerprint density at radius 1 is 0.846 bits per heavy atom. The van der Waals surface area contributed by atoms with Crippen molar-refractivity contribution in [3.05, 3.63) is 0 Å². The van der Waals surface area contributed by atoms with Gasteiger partial charge in [0.25, 0.3) is 0 Å². The lowest BCUT2D eigenvalue weighted by Crippen LogP contribution is -2.26. The van der Waals surface area contributed by atoms with Crippen LogP contribution in [0, 0.1) is 11.8 Å². The molecule has 3 rings (SSSR count). The molecule has 1 saturated carbocycles. The first-order valence-corrected chi connectivity index (χ1v) is 6.09. The maximum atomic E-state index is 5.94. The smallest absolute Gasteiger partial charge is 0.0611 e. The Morgan fingerprint density at radius 2 is 1.69 bits per heavy atom. The van der Waals surface area contributed by atoms with Crippen LogP contribution in [0.5, 0.6) is 0 Å². The van der Waals surface area contributed by atoms with E-state index in [0.29, 0.717) is 12.2 Å². The molecule has 1 unspecified atom stereocenters. The molecule has 0 N–H and O–H groups in total. The number of hydrogen-bond acceptors (Lipinski definition) is 1. The Hall–Kier alpha value is -0.0400. The van der Waals surface area contributed by atoms with Gasteiger partial charge in [-0.2, -0.15) is 0 Å². The van der Waals surface area contributed by atoms with Crippen molar-refractivity contribution in [2.75, 3.05) is 0 Å². The van der Waals surface area contributed by atoms with Crippen LogP contribution in [-0.4, -0.2) is 12.2 Å². The van der Waals surface area contributed by atoms with Gasteiger partial charge in [-0.05, 0) is 31.1 Å². The summed E-state index contributed by atoms with van der Waals surface area (Å²) in [6.07, 6.45) is 12.9. The van der Waals surface area contributed by atoms with Crippen molar-refractivity contribution in [2.24, 2.45) is 11.8 Å². The highest BCUT2D eigenvalue weighted by Crippen LogP contribution is 2.46. The van der Waals surface area contributed by atoms with Gasteiger partial charge >= 0.3 is 0 Å². The molecule has 0 radical (unpaired) electrons. The highest BCUT2D eigenvalue weighted by atomic mass is 16.5. The standard InChI is InChI=1S/C12H20O/c1-2-4-9(5-3-1)11-8-10-6-7-12(11)13-10/h9-12H,1-8H2/t10-,11?,12+/m0/s1. The average molecular weight is 180 g/mol. The molecule has 13 heavy (non-hydrogen) atoms. The Balaban J connectivity index is 1.65. The first-order valence-electron chi connectivity index (χ1n) is 6.09. The van der Waals surface area contributed by atoms with E-state index in [4.69, 9.17) is 4.74 Å². The van der Waals surface area contributed by atoms with E-state index in [0.717, 1.165) is 11.8 Å². The van der Waals surface area contributed by atoms with Gasteiger partial charge in [-0.25, -0.2) is 0 Å². The summed E-state index contributed by atoms with van der Waals surface area (Å²) in [6, 6.07) is 0. The van der Waals surface area contributed by atoms with Gasteiger partial charge < -0.3 is 4.74 Å². The first kappa shape index (κ1) is 8.28. The molecule has 0 spiro atoms. The van der Waals surface area contributed by atoms with Crippen molar-refractivity contribution < 1.29 is 4.74 Å². The maximum Gasteiger partial charge on any atom is 0.0611 e. The third-order valence-corrected chi connectivity index (χ3v) is 4.41. The summed E-state index contributed by atoms with van der Waals surface area (Å²) in [6.45, 7) is 0. The van der Waals surface area contributed by atoms with Crippen molar-refractivity contribution in [2.45, 2.75) is 63.6 Å². The molecule has 0 aromatic heterocycles. The molecule has 2 saturated heterocycles. The quantitative estimate of drug-likeness (QED) is 0.602. The molecule has 1 heteroatoms. The Labute approximate surface area is 80.8 Å². The zero-order valence-electron chi connectivity index (χ0n) is 8.37. The molecule has 74 valence electrons. The van der Waals surface area contributed by atoms with Crippen molar-refractivity contribution in [1.82, 2.24) is 0 Å². The fourth-order valence-electron chi connectivity index (χ4n) is 3.74. The van der Waals surface area contributed by atoms with Gasteiger partial charge in [0.15, 0.2) is 0 Å². The number of rotatable bonds is 1. The van der Waals surface area contributed by atoms with E-state index in [2.05, 4.69) is 0 Å². The lowest BCUT2D eigenvalue weighted by molar-refractivity contribution is 0.0758. The minimum atomic E-state index is 0.664. The second-order valence-corrected chi connectivity index (χ2v) is 5.17. The fraction of sp³-hybridized carbons (Fsp3) is 1.00. The molecule has 2 heterocycles. The number of ether oxygens (including phenoxy) is 1. The molecule has 1 aliphatic carbocycles. The van der Waals surface area contributed by atoms with Crippen molar-refractivity contribution >= 4 is 0 Å². The third kappa shape index (κ3) is 1.41. The van der Waals surface area contributed by atoms with Crippen LogP contribution in [0.4, 0.5) is 0 Å². The topological polar surface area (TPSA) is 9.23 Å². The normalized spacial score (nSPS) is 45.7. The highest BCUT2D eigenvalue weighted by molar-refractivity contribution is 4.93. The van der Waals surface area contributed by atoms with Gasteiger partial charge in [0.2, 0.25) is 0 Å². The molecule has 0 amide bonds. The molecule has 3 fully saturated rings. The van der Waals surface area contributed by atoms with Crippen LogP contribution in [0.15, 0.2) is 0 Å². The van der Waals surface area contributed by atoms with Crippen LogP contribution in [0.25, 0.3) is 0 Å². The second kappa shape index (κ2) is 3.27. The lowest BCUT2D eigenvalue weighted by atomic mass is 9.73. The second-order valence-electron chi connectivity index (χ2n) is 5.17. The molecule has 2 bridgehead atoms. The average Bonchev–Trinajstić information content (AvgIpc) is 2.80. The summed E-state index contributed by atoms with van der Waals surface area (Å²) in [5.41, 5.74) is 0. The molecule has 1 nitrogen and oxygen atoms in total. The van der Waals surface area contributed by atoms with Crippen LogP contribution in [0.3, 0.4) is 0 Å². The third-order valence-electron chi connectivity index (χ3n) is 4.41. The van der Waals surface area contributed by atoms with Gasteiger partial charge in [-0.1, -0.05) is 32.1 Å². The Morgan fingerprint density at radius 3 is 2.31 bits per heavy atom.